The summed E-state index contributed by atoms with van der Waals surface area (Å²) in [5, 5.41) is 3.84. The van der Waals surface area contributed by atoms with E-state index in [1.54, 1.807) is 23.1 Å². The first-order valence-electron chi connectivity index (χ1n) is 7.65. The van der Waals surface area contributed by atoms with E-state index >= 15 is 0 Å². The molecule has 122 valence electrons. The summed E-state index contributed by atoms with van der Waals surface area (Å²) in [6.45, 7) is 3.37. The number of benzene rings is 2. The van der Waals surface area contributed by atoms with Crippen LogP contribution in [0.1, 0.15) is 25.3 Å². The molecule has 3 nitrogen and oxygen atoms in total. The monoisotopic (exact) mass is 350 g/mol. The molecule has 2 aromatic carbocycles. The van der Waals surface area contributed by atoms with E-state index in [1.165, 1.54) is 0 Å². The molecular formula is C18H20Cl2N2O. The second-order valence-corrected chi connectivity index (χ2v) is 6.16. The van der Waals surface area contributed by atoms with Crippen molar-refractivity contribution in [3.8, 4) is 0 Å². The molecule has 23 heavy (non-hydrogen) atoms. The van der Waals surface area contributed by atoms with Crippen LogP contribution in [0.4, 0.5) is 10.5 Å². The van der Waals surface area contributed by atoms with Crippen molar-refractivity contribution >= 4 is 34.9 Å². The largest absolute Gasteiger partial charge is 0.322 e. The average Bonchev–Trinajstić information content (AvgIpc) is 2.55. The summed E-state index contributed by atoms with van der Waals surface area (Å²) in [7, 11) is 0. The molecule has 2 amide bonds. The maximum Gasteiger partial charge on any atom is 0.322 e. The van der Waals surface area contributed by atoms with Crippen LogP contribution in [-0.4, -0.2) is 17.5 Å². The molecule has 0 bridgehead atoms. The first-order valence-corrected chi connectivity index (χ1v) is 8.40. The normalized spacial score (nSPS) is 10.4. The van der Waals surface area contributed by atoms with E-state index in [1.807, 2.05) is 30.3 Å². The molecule has 0 saturated heterocycles. The molecule has 0 heterocycles. The van der Waals surface area contributed by atoms with E-state index in [2.05, 4.69) is 12.2 Å². The second kappa shape index (κ2) is 8.80. The van der Waals surface area contributed by atoms with Crippen LogP contribution in [0.25, 0.3) is 0 Å². The Hall–Kier alpha value is -1.71. The van der Waals surface area contributed by atoms with Crippen LogP contribution in [0.15, 0.2) is 48.5 Å². The second-order valence-electron chi connectivity index (χ2n) is 5.32. The number of carbonyl (C=O) groups excluding carboxylic acids is 1. The fourth-order valence-corrected chi connectivity index (χ4v) is 2.65. The maximum absolute atomic E-state index is 12.6. The molecule has 1 N–H and O–H groups in total. The molecule has 0 fully saturated rings. The molecule has 0 atom stereocenters. The summed E-state index contributed by atoms with van der Waals surface area (Å²) in [5.74, 6) is 0. The van der Waals surface area contributed by atoms with Crippen LogP contribution in [0, 0.1) is 0 Å². The molecule has 0 aliphatic rings. The van der Waals surface area contributed by atoms with Gasteiger partial charge >= 0.3 is 6.03 Å². The van der Waals surface area contributed by atoms with Crippen molar-refractivity contribution < 1.29 is 4.79 Å². The maximum atomic E-state index is 12.6. The molecule has 0 aliphatic heterocycles. The minimum Gasteiger partial charge on any atom is -0.320 e. The number of urea groups is 1. The molecule has 0 unspecified atom stereocenters. The summed E-state index contributed by atoms with van der Waals surface area (Å²) >= 11 is 12.0. The minimum atomic E-state index is -0.161. The van der Waals surface area contributed by atoms with E-state index in [0.717, 1.165) is 18.4 Å². The van der Waals surface area contributed by atoms with Crippen LogP contribution in [-0.2, 0) is 6.54 Å². The molecule has 0 saturated carbocycles. The van der Waals surface area contributed by atoms with Crippen molar-refractivity contribution in [2.24, 2.45) is 0 Å². The van der Waals surface area contributed by atoms with Gasteiger partial charge in [-0.25, -0.2) is 4.79 Å². The Bertz CT molecular complexity index is 647. The molecule has 0 aromatic heterocycles. The summed E-state index contributed by atoms with van der Waals surface area (Å²) in [6.07, 6.45) is 1.98. The number of nitrogens with one attached hydrogen (secondary N) is 1. The lowest BCUT2D eigenvalue weighted by Gasteiger charge is -2.23. The Morgan fingerprint density at radius 1 is 1.13 bits per heavy atom. The van der Waals surface area contributed by atoms with Gasteiger partial charge in [-0.15, -0.1) is 0 Å². The van der Waals surface area contributed by atoms with Gasteiger partial charge in [0.05, 0.1) is 10.7 Å². The highest BCUT2D eigenvalue weighted by Crippen LogP contribution is 2.25. The van der Waals surface area contributed by atoms with Crippen LogP contribution in [0.5, 0.6) is 0 Å². The standard InChI is InChI=1S/C18H20Cl2N2O/c1-2-3-11-22(13-14-7-5-4-6-8-14)18(23)21-17-10-9-15(19)12-16(17)20/h4-10,12H,2-3,11,13H2,1H3,(H,21,23). The SMILES string of the molecule is CCCCN(Cc1ccccc1)C(=O)Nc1ccc(Cl)cc1Cl. The summed E-state index contributed by atoms with van der Waals surface area (Å²) in [4.78, 5) is 14.4. The molecule has 0 radical (unpaired) electrons. The van der Waals surface area contributed by atoms with Crippen molar-refractivity contribution in [2.75, 3.05) is 11.9 Å². The first kappa shape index (κ1) is 17.6. The highest BCUT2D eigenvalue weighted by molar-refractivity contribution is 6.36. The average molecular weight is 351 g/mol. The van der Waals surface area contributed by atoms with Crippen LogP contribution in [0.3, 0.4) is 0 Å². The first-order chi connectivity index (χ1) is 11.1. The van der Waals surface area contributed by atoms with Crippen molar-refractivity contribution in [3.05, 3.63) is 64.1 Å². The third-order valence-electron chi connectivity index (χ3n) is 3.46. The number of carbonyl (C=O) groups is 1. The molecular weight excluding hydrogens is 331 g/mol. The van der Waals surface area contributed by atoms with Crippen LogP contribution in [0.2, 0.25) is 10.0 Å². The lowest BCUT2D eigenvalue weighted by molar-refractivity contribution is 0.208. The summed E-state index contributed by atoms with van der Waals surface area (Å²) in [5.41, 5.74) is 1.66. The predicted octanol–water partition coefficient (Wildman–Crippen LogP) is 5.83. The fourth-order valence-electron chi connectivity index (χ4n) is 2.19. The third kappa shape index (κ3) is 5.45. The van der Waals surface area contributed by atoms with Crippen molar-refractivity contribution in [1.29, 1.82) is 0 Å². The molecule has 0 aliphatic carbocycles. The number of amides is 2. The Labute approximate surface area is 147 Å². The van der Waals surface area contributed by atoms with Gasteiger partial charge < -0.3 is 10.2 Å². The number of rotatable bonds is 6. The Morgan fingerprint density at radius 2 is 1.87 bits per heavy atom. The quantitative estimate of drug-likeness (QED) is 0.698. The lowest BCUT2D eigenvalue weighted by atomic mass is 10.2. The van der Waals surface area contributed by atoms with Crippen molar-refractivity contribution in [3.63, 3.8) is 0 Å². The number of hydrogen-bond donors (Lipinski definition) is 1. The van der Waals surface area contributed by atoms with Crippen molar-refractivity contribution in [2.45, 2.75) is 26.3 Å². The highest BCUT2D eigenvalue weighted by atomic mass is 35.5. The smallest absolute Gasteiger partial charge is 0.320 e. The van der Waals surface area contributed by atoms with E-state index in [9.17, 15) is 4.79 Å². The zero-order valence-corrected chi connectivity index (χ0v) is 14.6. The van der Waals surface area contributed by atoms with Gasteiger partial charge in [-0.1, -0.05) is 66.9 Å². The Morgan fingerprint density at radius 3 is 2.52 bits per heavy atom. The van der Waals surface area contributed by atoms with E-state index < -0.39 is 0 Å². The molecule has 0 spiro atoms. The van der Waals surface area contributed by atoms with Gasteiger partial charge in [0.1, 0.15) is 0 Å². The molecule has 2 aromatic rings. The van der Waals surface area contributed by atoms with Crippen LogP contribution >= 0.6 is 23.2 Å². The highest BCUT2D eigenvalue weighted by Gasteiger charge is 2.15. The van der Waals surface area contributed by atoms with Gasteiger partial charge in [0, 0.05) is 18.1 Å². The van der Waals surface area contributed by atoms with E-state index in [0.29, 0.717) is 28.8 Å². The number of halogens is 2. The van der Waals surface area contributed by atoms with Crippen molar-refractivity contribution in [1.82, 2.24) is 4.90 Å². The van der Waals surface area contributed by atoms with Gasteiger partial charge in [0.25, 0.3) is 0 Å². The van der Waals surface area contributed by atoms with Gasteiger partial charge in [-0.05, 0) is 30.2 Å². The number of nitrogens with zero attached hydrogens (tertiary/aromatic N) is 1. The van der Waals surface area contributed by atoms with Gasteiger partial charge in [-0.2, -0.15) is 0 Å². The zero-order valence-electron chi connectivity index (χ0n) is 13.1. The predicted molar refractivity (Wildman–Crippen MR) is 97.2 cm³/mol. The zero-order chi connectivity index (χ0) is 16.7. The lowest BCUT2D eigenvalue weighted by Crippen LogP contribution is -2.35. The Kier molecular flexibility index (Phi) is 6.75. The summed E-state index contributed by atoms with van der Waals surface area (Å²) in [6, 6.07) is 14.8. The molecule has 2 rings (SSSR count). The van der Waals surface area contributed by atoms with E-state index in [-0.39, 0.29) is 6.03 Å². The van der Waals surface area contributed by atoms with E-state index in [4.69, 9.17) is 23.2 Å². The van der Waals surface area contributed by atoms with Gasteiger partial charge in [0.15, 0.2) is 0 Å². The number of unbranched alkanes of at least 4 members (excludes halogenated alkanes) is 1. The number of hydrogen-bond acceptors (Lipinski definition) is 1. The summed E-state index contributed by atoms with van der Waals surface area (Å²) < 4.78 is 0. The number of anilines is 1. The van der Waals surface area contributed by atoms with Crippen LogP contribution < -0.4 is 5.32 Å². The van der Waals surface area contributed by atoms with Gasteiger partial charge in [0.2, 0.25) is 0 Å². The molecule has 5 heteroatoms. The van der Waals surface area contributed by atoms with Gasteiger partial charge in [-0.3, -0.25) is 0 Å². The minimum absolute atomic E-state index is 0.161. The third-order valence-corrected chi connectivity index (χ3v) is 4.01. The fraction of sp³-hybridized carbons (Fsp3) is 0.278. The topological polar surface area (TPSA) is 32.3 Å². The Balaban J connectivity index is 2.09.